The van der Waals surface area contributed by atoms with E-state index in [0.717, 1.165) is 36.8 Å². The smallest absolute Gasteiger partial charge is 0.227 e. The Morgan fingerprint density at radius 1 is 1.24 bits per heavy atom. The van der Waals surface area contributed by atoms with Crippen molar-refractivity contribution in [1.82, 2.24) is 10.3 Å². The van der Waals surface area contributed by atoms with Crippen LogP contribution in [0.5, 0.6) is 0 Å². The molecule has 2 aromatic rings. The second kappa shape index (κ2) is 7.74. The van der Waals surface area contributed by atoms with Gasteiger partial charge >= 0.3 is 0 Å². The van der Waals surface area contributed by atoms with Gasteiger partial charge in [-0.1, -0.05) is 31.0 Å². The SMILES string of the molecule is O=C(NCC1(O)CCCC1)C(Cc1cccnc1)c1ccc(F)cc1. The maximum absolute atomic E-state index is 13.2. The van der Waals surface area contributed by atoms with Gasteiger partial charge in [0, 0.05) is 18.9 Å². The maximum atomic E-state index is 13.2. The molecular weight excluding hydrogens is 319 g/mol. The third kappa shape index (κ3) is 4.63. The molecule has 1 aromatic carbocycles. The maximum Gasteiger partial charge on any atom is 0.227 e. The molecule has 1 aliphatic carbocycles. The average Bonchev–Trinajstić information content (AvgIpc) is 3.06. The van der Waals surface area contributed by atoms with Crippen LogP contribution >= 0.6 is 0 Å². The molecule has 1 fully saturated rings. The van der Waals surface area contributed by atoms with Gasteiger partial charge in [-0.15, -0.1) is 0 Å². The van der Waals surface area contributed by atoms with Crippen LogP contribution < -0.4 is 5.32 Å². The van der Waals surface area contributed by atoms with Gasteiger partial charge in [0.25, 0.3) is 0 Å². The number of rotatable bonds is 6. The first-order chi connectivity index (χ1) is 12.1. The second-order valence-electron chi connectivity index (χ2n) is 6.82. The molecule has 0 aliphatic heterocycles. The van der Waals surface area contributed by atoms with Crippen molar-refractivity contribution >= 4 is 5.91 Å². The first kappa shape index (κ1) is 17.5. The van der Waals surface area contributed by atoms with Gasteiger partial charge < -0.3 is 10.4 Å². The minimum Gasteiger partial charge on any atom is -0.388 e. The summed E-state index contributed by atoms with van der Waals surface area (Å²) in [5.41, 5.74) is 0.893. The van der Waals surface area contributed by atoms with Gasteiger partial charge in [-0.05, 0) is 48.6 Å². The summed E-state index contributed by atoms with van der Waals surface area (Å²) in [6, 6.07) is 9.75. The molecule has 0 radical (unpaired) electrons. The molecule has 3 rings (SSSR count). The highest BCUT2D eigenvalue weighted by Gasteiger charge is 2.32. The van der Waals surface area contributed by atoms with Crippen LogP contribution in [0, 0.1) is 5.82 Å². The Morgan fingerprint density at radius 3 is 2.60 bits per heavy atom. The van der Waals surface area contributed by atoms with Crippen molar-refractivity contribution in [3.8, 4) is 0 Å². The lowest BCUT2D eigenvalue weighted by molar-refractivity contribution is -0.123. The van der Waals surface area contributed by atoms with Crippen LogP contribution in [0.1, 0.15) is 42.7 Å². The molecule has 4 nitrogen and oxygen atoms in total. The third-order valence-corrected chi connectivity index (χ3v) is 4.88. The Bertz CT molecular complexity index is 697. The average molecular weight is 342 g/mol. The molecule has 1 aromatic heterocycles. The van der Waals surface area contributed by atoms with Gasteiger partial charge in [-0.25, -0.2) is 4.39 Å². The number of nitrogens with zero attached hydrogens (tertiary/aromatic N) is 1. The zero-order valence-corrected chi connectivity index (χ0v) is 14.1. The zero-order valence-electron chi connectivity index (χ0n) is 14.1. The summed E-state index contributed by atoms with van der Waals surface area (Å²) < 4.78 is 13.2. The summed E-state index contributed by atoms with van der Waals surface area (Å²) >= 11 is 0. The summed E-state index contributed by atoms with van der Waals surface area (Å²) in [7, 11) is 0. The predicted molar refractivity (Wildman–Crippen MR) is 93.5 cm³/mol. The second-order valence-corrected chi connectivity index (χ2v) is 6.82. The van der Waals surface area contributed by atoms with E-state index in [0.29, 0.717) is 6.42 Å². The fourth-order valence-electron chi connectivity index (χ4n) is 3.40. The summed E-state index contributed by atoms with van der Waals surface area (Å²) in [4.78, 5) is 16.9. The highest BCUT2D eigenvalue weighted by Crippen LogP contribution is 2.29. The number of aliphatic hydroxyl groups is 1. The van der Waals surface area contributed by atoms with E-state index in [-0.39, 0.29) is 18.3 Å². The van der Waals surface area contributed by atoms with Gasteiger partial charge in [-0.3, -0.25) is 9.78 Å². The Labute approximate surface area is 147 Å². The van der Waals surface area contributed by atoms with Crippen LogP contribution in [-0.4, -0.2) is 28.1 Å². The first-order valence-electron chi connectivity index (χ1n) is 8.70. The van der Waals surface area contributed by atoms with Crippen LogP contribution in [0.15, 0.2) is 48.8 Å². The number of pyridine rings is 1. The van der Waals surface area contributed by atoms with Gasteiger partial charge in [0.15, 0.2) is 0 Å². The number of carbonyl (C=O) groups excluding carboxylic acids is 1. The van der Waals surface area contributed by atoms with Crippen molar-refractivity contribution in [3.05, 3.63) is 65.7 Å². The molecule has 25 heavy (non-hydrogen) atoms. The number of amides is 1. The van der Waals surface area contributed by atoms with Crippen LogP contribution in [0.2, 0.25) is 0 Å². The number of halogens is 1. The highest BCUT2D eigenvalue weighted by atomic mass is 19.1. The monoisotopic (exact) mass is 342 g/mol. The number of carbonyl (C=O) groups is 1. The summed E-state index contributed by atoms with van der Waals surface area (Å²) in [5.74, 6) is -0.935. The molecule has 132 valence electrons. The minimum absolute atomic E-state index is 0.157. The number of benzene rings is 1. The molecule has 0 saturated heterocycles. The highest BCUT2D eigenvalue weighted by molar-refractivity contribution is 5.84. The topological polar surface area (TPSA) is 62.2 Å². The van der Waals surface area contributed by atoms with Gasteiger partial charge in [0.1, 0.15) is 5.82 Å². The Balaban J connectivity index is 1.75. The Hall–Kier alpha value is -2.27. The van der Waals surface area contributed by atoms with Crippen molar-refractivity contribution in [2.45, 2.75) is 43.6 Å². The number of hydrogen-bond donors (Lipinski definition) is 2. The van der Waals surface area contributed by atoms with E-state index in [9.17, 15) is 14.3 Å². The molecule has 1 heterocycles. The van der Waals surface area contributed by atoms with E-state index in [1.807, 2.05) is 12.1 Å². The fourth-order valence-corrected chi connectivity index (χ4v) is 3.40. The number of hydrogen-bond acceptors (Lipinski definition) is 3. The van der Waals surface area contributed by atoms with Crippen LogP contribution in [0.3, 0.4) is 0 Å². The van der Waals surface area contributed by atoms with Crippen LogP contribution in [0.25, 0.3) is 0 Å². The van der Waals surface area contributed by atoms with Crippen molar-refractivity contribution in [2.24, 2.45) is 0 Å². The molecule has 1 saturated carbocycles. The van der Waals surface area contributed by atoms with Crippen molar-refractivity contribution in [1.29, 1.82) is 0 Å². The Kier molecular flexibility index (Phi) is 5.43. The van der Waals surface area contributed by atoms with Crippen LogP contribution in [0.4, 0.5) is 4.39 Å². The van der Waals surface area contributed by atoms with Crippen LogP contribution in [-0.2, 0) is 11.2 Å². The van der Waals surface area contributed by atoms with E-state index in [2.05, 4.69) is 10.3 Å². The van der Waals surface area contributed by atoms with E-state index < -0.39 is 11.5 Å². The van der Waals surface area contributed by atoms with E-state index >= 15 is 0 Å². The molecule has 1 unspecified atom stereocenters. The lowest BCUT2D eigenvalue weighted by Crippen LogP contribution is -2.42. The van der Waals surface area contributed by atoms with Gasteiger partial charge in [0.05, 0.1) is 11.5 Å². The van der Waals surface area contributed by atoms with E-state index in [4.69, 9.17) is 0 Å². The number of aromatic nitrogens is 1. The minimum atomic E-state index is -0.794. The van der Waals surface area contributed by atoms with Crippen molar-refractivity contribution < 1.29 is 14.3 Å². The van der Waals surface area contributed by atoms with Crippen molar-refractivity contribution in [3.63, 3.8) is 0 Å². The molecule has 1 aliphatic rings. The fraction of sp³-hybridized carbons (Fsp3) is 0.400. The lowest BCUT2D eigenvalue weighted by Gasteiger charge is -2.24. The lowest BCUT2D eigenvalue weighted by atomic mass is 9.91. The quantitative estimate of drug-likeness (QED) is 0.848. The van der Waals surface area contributed by atoms with Gasteiger partial charge in [-0.2, -0.15) is 0 Å². The number of nitrogens with one attached hydrogen (secondary N) is 1. The summed E-state index contributed by atoms with van der Waals surface area (Å²) in [6.07, 6.45) is 7.31. The standard InChI is InChI=1S/C20H23FN2O2/c21-17-7-5-16(6-8-17)18(12-15-4-3-11-22-13-15)19(24)23-14-20(25)9-1-2-10-20/h3-8,11,13,18,25H,1-2,9-10,12,14H2,(H,23,24). The Morgan fingerprint density at radius 2 is 1.96 bits per heavy atom. The molecule has 1 amide bonds. The molecule has 2 N–H and O–H groups in total. The predicted octanol–water partition coefficient (Wildman–Crippen LogP) is 2.97. The zero-order chi connectivity index (χ0) is 17.7. The van der Waals surface area contributed by atoms with Crippen molar-refractivity contribution in [2.75, 3.05) is 6.54 Å². The summed E-state index contributed by atoms with van der Waals surface area (Å²) in [5, 5.41) is 13.3. The third-order valence-electron chi connectivity index (χ3n) is 4.88. The molecular formula is C20H23FN2O2. The van der Waals surface area contributed by atoms with E-state index in [1.54, 1.807) is 24.5 Å². The normalized spacial score (nSPS) is 17.2. The molecule has 1 atom stereocenters. The van der Waals surface area contributed by atoms with E-state index in [1.165, 1.54) is 12.1 Å². The molecule has 5 heteroatoms. The first-order valence-corrected chi connectivity index (χ1v) is 8.70. The van der Waals surface area contributed by atoms with Gasteiger partial charge in [0.2, 0.25) is 5.91 Å². The summed E-state index contributed by atoms with van der Waals surface area (Å²) in [6.45, 7) is 0.260. The molecule has 0 spiro atoms. The largest absolute Gasteiger partial charge is 0.388 e. The molecule has 0 bridgehead atoms.